The van der Waals surface area contributed by atoms with Gasteiger partial charge in [-0.2, -0.15) is 0 Å². The quantitative estimate of drug-likeness (QED) is 0.862. The Bertz CT molecular complexity index is 640. The van der Waals surface area contributed by atoms with Crippen LogP contribution in [0.4, 0.5) is 0 Å². The fourth-order valence-corrected chi connectivity index (χ4v) is 2.11. The number of ether oxygens (including phenoxy) is 1. The zero-order valence-electron chi connectivity index (χ0n) is 12.8. The number of carbonyl (C=O) groups is 1. The first-order chi connectivity index (χ1) is 10.6. The van der Waals surface area contributed by atoms with Gasteiger partial charge in [0.25, 0.3) is 5.91 Å². The van der Waals surface area contributed by atoms with Gasteiger partial charge in [0.2, 0.25) is 0 Å². The van der Waals surface area contributed by atoms with Crippen molar-refractivity contribution in [2.24, 2.45) is 5.92 Å². The zero-order chi connectivity index (χ0) is 15.9. The molecule has 0 atom stereocenters. The van der Waals surface area contributed by atoms with Crippen molar-refractivity contribution in [1.29, 1.82) is 0 Å². The number of hydrogen-bond donors (Lipinski definition) is 1. The highest BCUT2D eigenvalue weighted by molar-refractivity contribution is 6.31. The van der Waals surface area contributed by atoms with Crippen LogP contribution >= 0.6 is 11.6 Å². The topological polar surface area (TPSA) is 38.3 Å². The lowest BCUT2D eigenvalue weighted by Gasteiger charge is -2.10. The zero-order valence-corrected chi connectivity index (χ0v) is 13.6. The van der Waals surface area contributed by atoms with Gasteiger partial charge in [-0.05, 0) is 35.7 Å². The molecule has 3 nitrogen and oxygen atoms in total. The molecule has 0 saturated heterocycles. The molecular weight excluding hydrogens is 298 g/mol. The lowest BCUT2D eigenvalue weighted by molar-refractivity contribution is 0.0950. The summed E-state index contributed by atoms with van der Waals surface area (Å²) < 4.78 is 5.64. The van der Waals surface area contributed by atoms with Gasteiger partial charge in [-0.3, -0.25) is 4.79 Å². The van der Waals surface area contributed by atoms with Crippen LogP contribution in [0.25, 0.3) is 0 Å². The van der Waals surface area contributed by atoms with Crippen LogP contribution < -0.4 is 10.1 Å². The van der Waals surface area contributed by atoms with E-state index >= 15 is 0 Å². The van der Waals surface area contributed by atoms with Crippen LogP contribution in [0.3, 0.4) is 0 Å². The molecule has 4 heteroatoms. The van der Waals surface area contributed by atoms with E-state index in [1.165, 1.54) is 0 Å². The van der Waals surface area contributed by atoms with E-state index in [1.807, 2.05) is 36.4 Å². The minimum absolute atomic E-state index is 0.144. The number of nitrogens with one attached hydrogen (secondary N) is 1. The molecular formula is C18H20ClNO2. The molecule has 116 valence electrons. The van der Waals surface area contributed by atoms with Crippen LogP contribution in [-0.4, -0.2) is 12.5 Å². The summed E-state index contributed by atoms with van der Waals surface area (Å²) in [5.41, 5.74) is 1.47. The molecule has 0 aliphatic rings. The lowest BCUT2D eigenvalue weighted by atomic mass is 10.2. The Morgan fingerprint density at radius 3 is 2.68 bits per heavy atom. The van der Waals surface area contributed by atoms with Gasteiger partial charge in [0.05, 0.1) is 6.61 Å². The number of amides is 1. The van der Waals surface area contributed by atoms with Crippen LogP contribution in [0.15, 0.2) is 48.5 Å². The summed E-state index contributed by atoms with van der Waals surface area (Å²) in [6.07, 6.45) is 0. The second kappa shape index (κ2) is 7.85. The normalized spacial score (nSPS) is 10.5. The van der Waals surface area contributed by atoms with E-state index in [4.69, 9.17) is 16.3 Å². The van der Waals surface area contributed by atoms with Crippen molar-refractivity contribution in [3.63, 3.8) is 0 Å². The van der Waals surface area contributed by atoms with Crippen molar-refractivity contribution >= 4 is 17.5 Å². The Kier molecular flexibility index (Phi) is 5.84. The average molecular weight is 318 g/mol. The molecule has 0 aromatic heterocycles. The molecule has 0 radical (unpaired) electrons. The Hall–Kier alpha value is -2.00. The van der Waals surface area contributed by atoms with E-state index < -0.39 is 0 Å². The van der Waals surface area contributed by atoms with Crippen LogP contribution in [-0.2, 0) is 6.54 Å². The summed E-state index contributed by atoms with van der Waals surface area (Å²) in [4.78, 5) is 12.2. The maximum atomic E-state index is 12.2. The predicted molar refractivity (Wildman–Crippen MR) is 89.4 cm³/mol. The summed E-state index contributed by atoms with van der Waals surface area (Å²) in [5.74, 6) is 1.01. The van der Waals surface area contributed by atoms with Gasteiger partial charge in [0.1, 0.15) is 5.75 Å². The second-order valence-corrected chi connectivity index (χ2v) is 5.91. The molecule has 0 bridgehead atoms. The van der Waals surface area contributed by atoms with Crippen molar-refractivity contribution in [2.45, 2.75) is 20.4 Å². The first kappa shape index (κ1) is 16.4. The summed E-state index contributed by atoms with van der Waals surface area (Å²) in [7, 11) is 0. The number of benzene rings is 2. The molecule has 1 N–H and O–H groups in total. The lowest BCUT2D eigenvalue weighted by Crippen LogP contribution is -2.23. The minimum atomic E-state index is -0.144. The molecule has 0 aliphatic heterocycles. The number of hydrogen-bond acceptors (Lipinski definition) is 2. The summed E-state index contributed by atoms with van der Waals surface area (Å²) in [6, 6.07) is 14.7. The van der Waals surface area contributed by atoms with Gasteiger partial charge in [0.15, 0.2) is 0 Å². The highest BCUT2D eigenvalue weighted by Gasteiger charge is 2.08. The molecule has 0 fully saturated rings. The van der Waals surface area contributed by atoms with Crippen molar-refractivity contribution in [1.82, 2.24) is 5.32 Å². The van der Waals surface area contributed by atoms with Crippen molar-refractivity contribution < 1.29 is 9.53 Å². The van der Waals surface area contributed by atoms with Gasteiger partial charge >= 0.3 is 0 Å². The molecule has 0 heterocycles. The molecule has 22 heavy (non-hydrogen) atoms. The highest BCUT2D eigenvalue weighted by atomic mass is 35.5. The van der Waals surface area contributed by atoms with Gasteiger partial charge in [0, 0.05) is 17.1 Å². The second-order valence-electron chi connectivity index (χ2n) is 5.51. The Balaban J connectivity index is 1.97. The number of rotatable bonds is 6. The van der Waals surface area contributed by atoms with Crippen molar-refractivity contribution in [2.75, 3.05) is 6.61 Å². The first-order valence-corrected chi connectivity index (χ1v) is 7.68. The largest absolute Gasteiger partial charge is 0.493 e. The van der Waals surface area contributed by atoms with Gasteiger partial charge in [-0.25, -0.2) is 0 Å². The van der Waals surface area contributed by atoms with Crippen LogP contribution in [0, 0.1) is 5.92 Å². The standard InChI is InChI=1S/C18H20ClNO2/c1-13(2)12-22-16-8-5-7-14(10-16)18(21)20-11-15-6-3-4-9-17(15)19/h3-10,13H,11-12H2,1-2H3,(H,20,21). The summed E-state index contributed by atoms with van der Waals surface area (Å²) in [6.45, 7) is 5.20. The third-order valence-electron chi connectivity index (χ3n) is 3.08. The highest BCUT2D eigenvalue weighted by Crippen LogP contribution is 2.16. The van der Waals surface area contributed by atoms with Crippen LogP contribution in [0.5, 0.6) is 5.75 Å². The van der Waals surface area contributed by atoms with Crippen LogP contribution in [0.2, 0.25) is 5.02 Å². The molecule has 0 aliphatic carbocycles. The predicted octanol–water partition coefficient (Wildman–Crippen LogP) is 4.30. The summed E-state index contributed by atoms with van der Waals surface area (Å²) in [5, 5.41) is 3.52. The molecule has 2 rings (SSSR count). The van der Waals surface area contributed by atoms with Gasteiger partial charge in [-0.1, -0.05) is 49.7 Å². The molecule has 0 saturated carbocycles. The fraction of sp³-hybridized carbons (Fsp3) is 0.278. The van der Waals surface area contributed by atoms with Crippen LogP contribution in [0.1, 0.15) is 29.8 Å². The van der Waals surface area contributed by atoms with Crippen molar-refractivity contribution in [3.05, 3.63) is 64.7 Å². The van der Waals surface area contributed by atoms with E-state index in [2.05, 4.69) is 19.2 Å². The smallest absolute Gasteiger partial charge is 0.251 e. The monoisotopic (exact) mass is 317 g/mol. The molecule has 0 spiro atoms. The number of halogens is 1. The van der Waals surface area contributed by atoms with E-state index in [9.17, 15) is 4.79 Å². The van der Waals surface area contributed by atoms with E-state index in [-0.39, 0.29) is 5.91 Å². The fourth-order valence-electron chi connectivity index (χ4n) is 1.91. The molecule has 0 unspecified atom stereocenters. The van der Waals surface area contributed by atoms with E-state index in [0.29, 0.717) is 35.4 Å². The summed E-state index contributed by atoms with van der Waals surface area (Å²) >= 11 is 6.08. The maximum absolute atomic E-state index is 12.2. The first-order valence-electron chi connectivity index (χ1n) is 7.30. The SMILES string of the molecule is CC(C)COc1cccc(C(=O)NCc2ccccc2Cl)c1. The minimum Gasteiger partial charge on any atom is -0.493 e. The third kappa shape index (κ3) is 4.78. The van der Waals surface area contributed by atoms with E-state index in [0.717, 1.165) is 5.56 Å². The Morgan fingerprint density at radius 1 is 1.18 bits per heavy atom. The average Bonchev–Trinajstić information content (AvgIpc) is 2.52. The van der Waals surface area contributed by atoms with Gasteiger partial charge in [-0.15, -0.1) is 0 Å². The van der Waals surface area contributed by atoms with Gasteiger partial charge < -0.3 is 10.1 Å². The molecule has 2 aromatic carbocycles. The Labute approximate surface area is 136 Å². The number of carbonyl (C=O) groups excluding carboxylic acids is 1. The van der Waals surface area contributed by atoms with E-state index in [1.54, 1.807) is 12.1 Å². The molecule has 2 aromatic rings. The third-order valence-corrected chi connectivity index (χ3v) is 3.45. The van der Waals surface area contributed by atoms with Crippen molar-refractivity contribution in [3.8, 4) is 5.75 Å². The molecule has 1 amide bonds. The Morgan fingerprint density at radius 2 is 1.95 bits per heavy atom. The maximum Gasteiger partial charge on any atom is 0.251 e.